The van der Waals surface area contributed by atoms with Crippen LogP contribution in [0.1, 0.15) is 57.1 Å². The highest BCUT2D eigenvalue weighted by Crippen LogP contribution is 2.28. The lowest BCUT2D eigenvalue weighted by atomic mass is 9.94. The molecular weight excluding hydrogens is 416 g/mol. The fourth-order valence-electron chi connectivity index (χ4n) is 2.92. The number of aromatic hydroxyl groups is 1. The van der Waals surface area contributed by atoms with Gasteiger partial charge in [0.1, 0.15) is 5.75 Å². The van der Waals surface area contributed by atoms with Gasteiger partial charge in [0, 0.05) is 18.3 Å². The third-order valence-corrected chi connectivity index (χ3v) is 5.31. The van der Waals surface area contributed by atoms with Gasteiger partial charge in [0.2, 0.25) is 0 Å². The van der Waals surface area contributed by atoms with Crippen LogP contribution in [-0.2, 0) is 4.79 Å². The summed E-state index contributed by atoms with van der Waals surface area (Å²) in [6, 6.07) is 9.39. The molecule has 2 rings (SSSR count). The van der Waals surface area contributed by atoms with E-state index in [0.717, 1.165) is 23.1 Å². The summed E-state index contributed by atoms with van der Waals surface area (Å²) in [5.74, 6) is -1.92. The van der Waals surface area contributed by atoms with Crippen LogP contribution in [0.15, 0.2) is 66.4 Å². The van der Waals surface area contributed by atoms with Crippen molar-refractivity contribution in [3.63, 3.8) is 0 Å². The van der Waals surface area contributed by atoms with Gasteiger partial charge in [0.25, 0.3) is 5.91 Å². The first kappa shape index (κ1) is 25.6. The number of hydrogen-bond donors (Lipinski definition) is 3. The fraction of sp³-hybridized carbons (Fsp3) is 0.296. The van der Waals surface area contributed by atoms with E-state index >= 15 is 0 Å². The summed E-state index contributed by atoms with van der Waals surface area (Å²) in [5.41, 5.74) is 3.60. The normalized spacial score (nSPS) is 12.8. The van der Waals surface area contributed by atoms with Gasteiger partial charge in [-0.25, -0.2) is 4.98 Å². The van der Waals surface area contributed by atoms with Crippen LogP contribution in [0.3, 0.4) is 0 Å². The van der Waals surface area contributed by atoms with Gasteiger partial charge in [0.15, 0.2) is 5.69 Å². The molecule has 0 spiro atoms. The first-order chi connectivity index (χ1) is 15.6. The predicted octanol–water partition coefficient (Wildman–Crippen LogP) is 5.61. The highest BCUT2D eigenvalue weighted by atomic mass is 16.4. The molecule has 0 aliphatic carbocycles. The second-order valence-electron chi connectivity index (χ2n) is 8.54. The van der Waals surface area contributed by atoms with Crippen LogP contribution in [-0.4, -0.2) is 33.6 Å². The van der Waals surface area contributed by atoms with Crippen molar-refractivity contribution in [2.75, 3.05) is 6.54 Å². The zero-order valence-corrected chi connectivity index (χ0v) is 19.8. The molecule has 174 valence electrons. The third kappa shape index (κ3) is 6.91. The summed E-state index contributed by atoms with van der Waals surface area (Å²) in [6.07, 6.45) is 10.7. The van der Waals surface area contributed by atoms with Gasteiger partial charge in [-0.15, -0.1) is 0 Å². The Hall–Kier alpha value is -3.67. The number of amides is 1. The van der Waals surface area contributed by atoms with Crippen molar-refractivity contribution in [3.8, 4) is 16.9 Å². The molecule has 0 atom stereocenters. The van der Waals surface area contributed by atoms with Crippen molar-refractivity contribution < 1.29 is 19.8 Å². The number of allylic oxidation sites excluding steroid dienone is 6. The van der Waals surface area contributed by atoms with E-state index in [2.05, 4.69) is 36.3 Å². The molecule has 0 fully saturated rings. The summed E-state index contributed by atoms with van der Waals surface area (Å²) in [4.78, 5) is 27.8. The second-order valence-corrected chi connectivity index (χ2v) is 8.54. The maximum absolute atomic E-state index is 12.4. The molecule has 6 heteroatoms. The number of benzene rings is 1. The molecule has 1 aromatic heterocycles. The van der Waals surface area contributed by atoms with E-state index in [1.807, 2.05) is 43.3 Å². The Balaban J connectivity index is 2.33. The van der Waals surface area contributed by atoms with Crippen molar-refractivity contribution in [1.29, 1.82) is 0 Å². The number of hydrogen-bond acceptors (Lipinski definition) is 4. The lowest BCUT2D eigenvalue weighted by Gasteiger charge is -2.19. The van der Waals surface area contributed by atoms with Gasteiger partial charge >= 0.3 is 5.97 Å². The van der Waals surface area contributed by atoms with Gasteiger partial charge in [-0.05, 0) is 62.9 Å². The van der Waals surface area contributed by atoms with Gasteiger partial charge in [-0.2, -0.15) is 0 Å². The molecule has 0 bridgehead atoms. The second kappa shape index (κ2) is 11.3. The molecule has 6 nitrogen and oxygen atoms in total. The number of carboxylic acids is 1. The molecule has 1 amide bonds. The minimum absolute atomic E-state index is 0.0852. The molecule has 0 unspecified atom stereocenters. The number of carbonyl (C=O) groups excluding carboxylic acids is 1. The first-order valence-corrected chi connectivity index (χ1v) is 10.9. The third-order valence-electron chi connectivity index (χ3n) is 5.31. The predicted molar refractivity (Wildman–Crippen MR) is 132 cm³/mol. The molecule has 0 radical (unpaired) electrons. The van der Waals surface area contributed by atoms with Crippen molar-refractivity contribution in [2.24, 2.45) is 5.41 Å². The van der Waals surface area contributed by atoms with Crippen LogP contribution >= 0.6 is 0 Å². The summed E-state index contributed by atoms with van der Waals surface area (Å²) >= 11 is 0. The molecule has 0 aliphatic rings. The van der Waals surface area contributed by atoms with Gasteiger partial charge in [-0.3, -0.25) is 9.59 Å². The minimum atomic E-state index is -1.13. The minimum Gasteiger partial charge on any atom is -0.505 e. The maximum atomic E-state index is 12.4. The number of nitrogens with one attached hydrogen (secondary N) is 1. The maximum Gasteiger partial charge on any atom is 0.310 e. The lowest BCUT2D eigenvalue weighted by Crippen LogP contribution is -2.39. The molecule has 0 saturated carbocycles. The smallest absolute Gasteiger partial charge is 0.310 e. The quantitative estimate of drug-likeness (QED) is 0.433. The number of carboxylic acid groups (broad SMARTS) is 1. The summed E-state index contributed by atoms with van der Waals surface area (Å²) in [7, 11) is 0. The molecule has 1 heterocycles. The average Bonchev–Trinajstić information content (AvgIpc) is 2.79. The largest absolute Gasteiger partial charge is 0.505 e. The molecule has 0 aliphatic heterocycles. The highest BCUT2D eigenvalue weighted by Gasteiger charge is 2.28. The molecule has 0 saturated heterocycles. The van der Waals surface area contributed by atoms with Crippen molar-refractivity contribution in [2.45, 2.75) is 41.0 Å². The molecule has 1 aromatic carbocycles. The zero-order chi connectivity index (χ0) is 24.6. The van der Waals surface area contributed by atoms with E-state index in [-0.39, 0.29) is 18.0 Å². The number of rotatable bonds is 9. The number of carbonyl (C=O) groups is 2. The van der Waals surface area contributed by atoms with Crippen molar-refractivity contribution in [3.05, 3.63) is 77.7 Å². The monoisotopic (exact) mass is 448 g/mol. The fourth-order valence-corrected chi connectivity index (χ4v) is 2.92. The number of aromatic nitrogens is 1. The Morgan fingerprint density at radius 3 is 2.52 bits per heavy atom. The van der Waals surface area contributed by atoms with Crippen LogP contribution in [0.25, 0.3) is 16.7 Å². The van der Waals surface area contributed by atoms with Crippen LogP contribution in [0.2, 0.25) is 0 Å². The Morgan fingerprint density at radius 2 is 1.91 bits per heavy atom. The lowest BCUT2D eigenvalue weighted by molar-refractivity contribution is -0.146. The highest BCUT2D eigenvalue weighted by molar-refractivity contribution is 5.95. The van der Waals surface area contributed by atoms with Crippen LogP contribution in [0, 0.1) is 5.41 Å². The molecule has 2 aromatic rings. The van der Waals surface area contributed by atoms with Gasteiger partial charge < -0.3 is 15.5 Å². The summed E-state index contributed by atoms with van der Waals surface area (Å²) < 4.78 is 0. The van der Waals surface area contributed by atoms with E-state index in [1.54, 1.807) is 0 Å². The number of nitrogens with zero attached hydrogens (tertiary/aromatic N) is 1. The van der Waals surface area contributed by atoms with E-state index in [1.165, 1.54) is 31.7 Å². The van der Waals surface area contributed by atoms with Gasteiger partial charge in [0.05, 0.1) is 5.41 Å². The summed E-state index contributed by atoms with van der Waals surface area (Å²) in [6.45, 7) is 9.11. The van der Waals surface area contributed by atoms with E-state index in [4.69, 9.17) is 0 Å². The SMILES string of the molecule is C\C=C/C=C(\C=C(/C)CC)c1cccc(-c2cnc(C(=O)NCC(C)(C)C(=O)O)c(O)c2)c1. The van der Waals surface area contributed by atoms with Crippen molar-refractivity contribution >= 4 is 17.4 Å². The zero-order valence-electron chi connectivity index (χ0n) is 19.8. The van der Waals surface area contributed by atoms with E-state index in [0.29, 0.717) is 5.56 Å². The van der Waals surface area contributed by atoms with E-state index in [9.17, 15) is 19.8 Å². The topological polar surface area (TPSA) is 99.5 Å². The first-order valence-electron chi connectivity index (χ1n) is 10.9. The standard InChI is InChI=1S/C27H32N2O4/c1-6-8-10-19(13-18(3)7-2)20-11-9-12-21(14-20)22-15-23(30)24(28-16-22)25(31)29-17-27(4,5)26(32)33/h6,8-16,30H,7,17H2,1-5H3,(H,29,31)(H,32,33)/b8-6-,18-13+,19-10+. The Kier molecular flexibility index (Phi) is 8.74. The van der Waals surface area contributed by atoms with Crippen LogP contribution in [0.4, 0.5) is 0 Å². The summed E-state index contributed by atoms with van der Waals surface area (Å²) in [5, 5.41) is 22.1. The van der Waals surface area contributed by atoms with Gasteiger partial charge in [-0.1, -0.05) is 55.0 Å². The van der Waals surface area contributed by atoms with Crippen LogP contribution in [0.5, 0.6) is 5.75 Å². The molecule has 3 N–H and O–H groups in total. The Labute approximate surface area is 195 Å². The average molecular weight is 449 g/mol. The Morgan fingerprint density at radius 1 is 1.18 bits per heavy atom. The number of pyridine rings is 1. The Bertz CT molecular complexity index is 1110. The van der Waals surface area contributed by atoms with Crippen molar-refractivity contribution in [1.82, 2.24) is 10.3 Å². The molecular formula is C27H32N2O4. The van der Waals surface area contributed by atoms with Crippen LogP contribution < -0.4 is 5.32 Å². The van der Waals surface area contributed by atoms with E-state index < -0.39 is 17.3 Å². The number of aliphatic carboxylic acids is 1. The molecule has 33 heavy (non-hydrogen) atoms.